The molecule has 3 fully saturated rings. The lowest BCUT2D eigenvalue weighted by atomic mass is 9.63. The van der Waals surface area contributed by atoms with Crippen LogP contribution in [0.3, 0.4) is 0 Å². The van der Waals surface area contributed by atoms with E-state index in [1.165, 1.54) is 5.56 Å². The number of carbonyl (C=O) groups is 1. The van der Waals surface area contributed by atoms with Gasteiger partial charge in [-0.15, -0.1) is 0 Å². The first kappa shape index (κ1) is 39.5. The first-order valence-electron chi connectivity index (χ1n) is 19.8. The van der Waals surface area contributed by atoms with E-state index in [0.29, 0.717) is 35.8 Å². The van der Waals surface area contributed by atoms with Crippen LogP contribution in [-0.4, -0.2) is 119 Å². The lowest BCUT2D eigenvalue weighted by Crippen LogP contribution is -2.62. The van der Waals surface area contributed by atoms with Crippen molar-refractivity contribution in [3.8, 4) is 5.75 Å². The van der Waals surface area contributed by atoms with Gasteiger partial charge in [-0.25, -0.2) is 13.1 Å². The maximum atomic E-state index is 13.9. The van der Waals surface area contributed by atoms with Crippen LogP contribution < -0.4 is 14.4 Å². The number of aliphatic hydroxyl groups excluding tert-OH is 1. The van der Waals surface area contributed by atoms with Gasteiger partial charge in [-0.05, 0) is 104 Å². The number of aryl methyl sites for hydroxylation is 1. The number of benzene rings is 2. The summed E-state index contributed by atoms with van der Waals surface area (Å²) in [6.45, 7) is 9.50. The Hall–Kier alpha value is -2.71. The van der Waals surface area contributed by atoms with Crippen LogP contribution in [-0.2, 0) is 32.5 Å². The Morgan fingerprint density at radius 3 is 2.72 bits per heavy atom. The zero-order valence-corrected chi connectivity index (χ0v) is 33.3. The van der Waals surface area contributed by atoms with E-state index in [1.54, 1.807) is 18.2 Å². The molecule has 0 spiro atoms. The monoisotopic (exact) mass is 784 g/mol. The highest BCUT2D eigenvalue weighted by Crippen LogP contribution is 2.47. The Labute approximate surface area is 326 Å². The molecule has 2 N–H and O–H groups in total. The molecular formula is C41H57ClN4O7S. The van der Waals surface area contributed by atoms with Crippen LogP contribution in [0, 0.1) is 17.8 Å². The van der Waals surface area contributed by atoms with Gasteiger partial charge in [0.25, 0.3) is 5.91 Å². The molecule has 7 rings (SSSR count). The number of allylic oxidation sites excluding steroid dienone is 1. The summed E-state index contributed by atoms with van der Waals surface area (Å²) in [6, 6.07) is 11.5. The summed E-state index contributed by atoms with van der Waals surface area (Å²) in [6.07, 6.45) is 9.59. The van der Waals surface area contributed by atoms with E-state index in [1.807, 2.05) is 32.2 Å². The fourth-order valence-electron chi connectivity index (χ4n) is 9.45. The molecule has 11 nitrogen and oxygen atoms in total. The number of piperazine rings is 1. The van der Waals surface area contributed by atoms with Gasteiger partial charge in [-0.3, -0.25) is 14.6 Å². The van der Waals surface area contributed by atoms with Crippen LogP contribution in [0.4, 0.5) is 5.69 Å². The average Bonchev–Trinajstić information content (AvgIpc) is 3.17. The van der Waals surface area contributed by atoms with Crippen molar-refractivity contribution in [3.05, 3.63) is 70.3 Å². The van der Waals surface area contributed by atoms with Gasteiger partial charge in [0, 0.05) is 76.2 Å². The van der Waals surface area contributed by atoms with Crippen LogP contribution in [0.1, 0.15) is 66.9 Å². The highest BCUT2D eigenvalue weighted by atomic mass is 35.5. The van der Waals surface area contributed by atoms with Gasteiger partial charge in [-0.1, -0.05) is 36.7 Å². The van der Waals surface area contributed by atoms with E-state index in [9.17, 15) is 18.3 Å². The standard InChI is InChI=1S/C41H57ClN4O7S/c1-29-6-5-15-41(51-2,28-44-17-18-45-19-21-52-27-35(45)25-44)36-12-9-32(36)24-46-16-4-3-7-30-22-34(42)11-8-33(30)26-53-38-13-10-31(23-37(38)46)40(48)43-54(49,50)39(29)14-20-47/h5,8,10-11,13,15,22-23,29,32,35-36,39,47H,3-4,6-7,9,12,14,16-21,24-28H2,1-2H3,(H,43,48)/b15-5+/t29-,32-,35-,36+,39+,41-/m0/s1. The number of methoxy groups -OCH3 is 1. The number of sulfonamides is 1. The smallest absolute Gasteiger partial charge is 0.264 e. The van der Waals surface area contributed by atoms with E-state index >= 15 is 0 Å². The van der Waals surface area contributed by atoms with E-state index in [2.05, 4.69) is 31.6 Å². The summed E-state index contributed by atoms with van der Waals surface area (Å²) < 4.78 is 49.2. The number of halogens is 1. The predicted molar refractivity (Wildman–Crippen MR) is 211 cm³/mol. The van der Waals surface area contributed by atoms with Crippen LogP contribution in [0.25, 0.3) is 0 Å². The first-order chi connectivity index (χ1) is 26.1. The number of anilines is 1. The fourth-order valence-corrected chi connectivity index (χ4v) is 11.3. The summed E-state index contributed by atoms with van der Waals surface area (Å²) in [4.78, 5) is 21.2. The van der Waals surface area contributed by atoms with Crippen molar-refractivity contribution in [1.82, 2.24) is 14.5 Å². The molecule has 4 aliphatic heterocycles. The number of hydrogen-bond acceptors (Lipinski definition) is 10. The molecule has 296 valence electrons. The van der Waals surface area contributed by atoms with E-state index in [-0.39, 0.29) is 30.4 Å². The number of aliphatic hydroxyl groups is 1. The Morgan fingerprint density at radius 1 is 1.06 bits per heavy atom. The minimum atomic E-state index is -4.14. The normalized spacial score (nSPS) is 31.7. The molecule has 13 heteroatoms. The highest BCUT2D eigenvalue weighted by molar-refractivity contribution is 7.90. The van der Waals surface area contributed by atoms with Gasteiger partial charge < -0.3 is 24.2 Å². The molecule has 0 aromatic heterocycles. The fraction of sp³-hybridized carbons (Fsp3) is 0.634. The van der Waals surface area contributed by atoms with Gasteiger partial charge in [0.15, 0.2) is 0 Å². The molecule has 2 saturated heterocycles. The summed E-state index contributed by atoms with van der Waals surface area (Å²) in [5.41, 5.74) is 2.68. The minimum absolute atomic E-state index is 0.0178. The minimum Gasteiger partial charge on any atom is -0.487 e. The van der Waals surface area contributed by atoms with Crippen molar-refractivity contribution >= 4 is 33.2 Å². The number of fused-ring (bicyclic) bond motifs is 4. The maximum absolute atomic E-state index is 13.9. The topological polar surface area (TPSA) is 121 Å². The summed E-state index contributed by atoms with van der Waals surface area (Å²) in [5.74, 6) is 0.128. The second-order valence-electron chi connectivity index (χ2n) is 16.0. The van der Waals surface area contributed by atoms with Crippen molar-refractivity contribution in [2.45, 2.75) is 75.4 Å². The molecule has 2 bridgehead atoms. The highest BCUT2D eigenvalue weighted by Gasteiger charge is 2.49. The van der Waals surface area contributed by atoms with Crippen molar-refractivity contribution < 1.29 is 32.5 Å². The van der Waals surface area contributed by atoms with Crippen LogP contribution >= 0.6 is 11.6 Å². The van der Waals surface area contributed by atoms with Gasteiger partial charge in [-0.2, -0.15) is 0 Å². The predicted octanol–water partition coefficient (Wildman–Crippen LogP) is 4.90. The first-order valence-corrected chi connectivity index (χ1v) is 21.7. The Bertz CT molecular complexity index is 1780. The second kappa shape index (κ2) is 17.2. The van der Waals surface area contributed by atoms with Crippen LogP contribution in [0.5, 0.6) is 5.75 Å². The molecule has 1 aliphatic carbocycles. The van der Waals surface area contributed by atoms with Gasteiger partial charge in [0.05, 0.1) is 24.2 Å². The molecule has 2 aromatic rings. The number of nitrogens with one attached hydrogen (secondary N) is 1. The van der Waals surface area contributed by atoms with Crippen LogP contribution in [0.2, 0.25) is 5.02 Å². The average molecular weight is 785 g/mol. The Balaban J connectivity index is 1.26. The molecule has 54 heavy (non-hydrogen) atoms. The zero-order chi connectivity index (χ0) is 37.9. The van der Waals surface area contributed by atoms with Crippen molar-refractivity contribution in [3.63, 3.8) is 0 Å². The van der Waals surface area contributed by atoms with E-state index in [4.69, 9.17) is 25.8 Å². The lowest BCUT2D eigenvalue weighted by Gasteiger charge is -2.53. The zero-order valence-electron chi connectivity index (χ0n) is 31.8. The Morgan fingerprint density at radius 2 is 1.93 bits per heavy atom. The molecule has 2 aromatic carbocycles. The number of amides is 1. The van der Waals surface area contributed by atoms with Gasteiger partial charge in [0.1, 0.15) is 18.0 Å². The summed E-state index contributed by atoms with van der Waals surface area (Å²) in [5, 5.41) is 9.70. The van der Waals surface area contributed by atoms with E-state index < -0.39 is 26.8 Å². The van der Waals surface area contributed by atoms with Crippen molar-refractivity contribution in [1.29, 1.82) is 0 Å². The summed E-state index contributed by atoms with van der Waals surface area (Å²) in [7, 11) is -2.32. The molecule has 0 radical (unpaired) electrons. The molecule has 4 heterocycles. The Kier molecular flexibility index (Phi) is 12.6. The number of morpholine rings is 1. The number of nitrogens with zero attached hydrogens (tertiary/aromatic N) is 3. The third-order valence-corrected chi connectivity index (χ3v) is 14.9. The van der Waals surface area contributed by atoms with Gasteiger partial charge >= 0.3 is 0 Å². The van der Waals surface area contributed by atoms with E-state index in [0.717, 1.165) is 102 Å². The SMILES string of the molecule is CO[C@]1(CN2CCN3CCOC[C@@H]3C2)/C=C/C[C@H](C)[C@@H](CCO)S(=O)(=O)NC(=O)c2ccc3c(c2)N(CCCCc2cc(Cl)ccc2CO3)C[C@@H]2CC[C@H]21. The molecular weight excluding hydrogens is 728 g/mol. The third-order valence-electron chi connectivity index (χ3n) is 12.7. The van der Waals surface area contributed by atoms with Crippen molar-refractivity contribution in [2.75, 3.05) is 77.6 Å². The number of rotatable bonds is 5. The summed E-state index contributed by atoms with van der Waals surface area (Å²) >= 11 is 6.41. The molecule has 0 unspecified atom stereocenters. The quantitative estimate of drug-likeness (QED) is 0.406. The van der Waals surface area contributed by atoms with Crippen LogP contribution in [0.15, 0.2) is 48.6 Å². The maximum Gasteiger partial charge on any atom is 0.264 e. The number of ether oxygens (including phenoxy) is 3. The van der Waals surface area contributed by atoms with Crippen molar-refractivity contribution in [2.24, 2.45) is 17.8 Å². The lowest BCUT2D eigenvalue weighted by molar-refractivity contribution is -0.108. The number of hydrogen-bond donors (Lipinski definition) is 2. The molecule has 1 saturated carbocycles. The number of carbonyl (C=O) groups excluding carboxylic acids is 1. The largest absolute Gasteiger partial charge is 0.487 e. The third kappa shape index (κ3) is 8.65. The molecule has 5 aliphatic rings. The molecule has 6 atom stereocenters. The second-order valence-corrected chi connectivity index (χ2v) is 18.4. The van der Waals surface area contributed by atoms with Gasteiger partial charge in [0.2, 0.25) is 10.0 Å². The molecule has 1 amide bonds.